The van der Waals surface area contributed by atoms with Crippen molar-refractivity contribution in [1.82, 2.24) is 19.6 Å². The summed E-state index contributed by atoms with van der Waals surface area (Å²) in [6.45, 7) is 8.90. The number of aryl methyl sites for hydroxylation is 4. The summed E-state index contributed by atoms with van der Waals surface area (Å²) in [4.78, 5) is 11.3. The molecule has 0 aliphatic carbocycles. The van der Waals surface area contributed by atoms with E-state index < -0.39 is 0 Å². The molecule has 0 spiro atoms. The minimum atomic E-state index is 0.765. The van der Waals surface area contributed by atoms with Crippen LogP contribution in [-0.2, 0) is 6.54 Å². The monoisotopic (exact) mass is 301 g/mol. The van der Waals surface area contributed by atoms with Crippen LogP contribution >= 0.6 is 11.3 Å². The highest BCUT2D eigenvalue weighted by molar-refractivity contribution is 7.09. The molecule has 0 N–H and O–H groups in total. The maximum atomic E-state index is 4.62. The molecule has 0 aliphatic rings. The Balaban J connectivity index is 2.04. The fourth-order valence-corrected chi connectivity index (χ4v) is 3.01. The van der Waals surface area contributed by atoms with Crippen molar-refractivity contribution in [2.75, 3.05) is 11.9 Å². The molecule has 0 fully saturated rings. The van der Waals surface area contributed by atoms with E-state index in [1.807, 2.05) is 25.3 Å². The maximum absolute atomic E-state index is 4.62. The normalized spacial score (nSPS) is 11.3. The average molecular weight is 301 g/mol. The predicted octanol–water partition coefficient (Wildman–Crippen LogP) is 3.06. The van der Waals surface area contributed by atoms with Crippen LogP contribution in [0.25, 0.3) is 5.65 Å². The van der Waals surface area contributed by atoms with Gasteiger partial charge in [0.2, 0.25) is 0 Å². The Morgan fingerprint density at radius 1 is 1.19 bits per heavy atom. The van der Waals surface area contributed by atoms with Crippen LogP contribution in [0, 0.1) is 27.7 Å². The number of fused-ring (bicyclic) bond motifs is 1. The Labute approximate surface area is 128 Å². The first-order chi connectivity index (χ1) is 9.95. The molecule has 0 saturated heterocycles. The lowest BCUT2D eigenvalue weighted by Gasteiger charge is -2.19. The molecule has 6 heteroatoms. The lowest BCUT2D eigenvalue weighted by Crippen LogP contribution is -2.20. The van der Waals surface area contributed by atoms with Crippen LogP contribution in [0.5, 0.6) is 0 Å². The van der Waals surface area contributed by atoms with Crippen molar-refractivity contribution < 1.29 is 0 Å². The molecular weight excluding hydrogens is 282 g/mol. The number of anilines is 1. The molecule has 3 rings (SSSR count). The largest absolute Gasteiger partial charge is 0.354 e. The molecule has 0 unspecified atom stereocenters. The molecule has 21 heavy (non-hydrogen) atoms. The summed E-state index contributed by atoms with van der Waals surface area (Å²) in [5, 5.41) is 7.82. The van der Waals surface area contributed by atoms with E-state index in [9.17, 15) is 0 Å². The van der Waals surface area contributed by atoms with E-state index in [2.05, 4.69) is 45.4 Å². The van der Waals surface area contributed by atoms with Gasteiger partial charge in [-0.05, 0) is 27.7 Å². The Kier molecular flexibility index (Phi) is 3.41. The van der Waals surface area contributed by atoms with Gasteiger partial charge in [0.1, 0.15) is 5.82 Å². The van der Waals surface area contributed by atoms with E-state index in [4.69, 9.17) is 0 Å². The van der Waals surface area contributed by atoms with E-state index >= 15 is 0 Å². The quantitative estimate of drug-likeness (QED) is 0.746. The highest BCUT2D eigenvalue weighted by Crippen LogP contribution is 2.22. The van der Waals surface area contributed by atoms with Gasteiger partial charge in [0.25, 0.3) is 0 Å². The Bertz CT molecular complexity index is 802. The van der Waals surface area contributed by atoms with Crippen molar-refractivity contribution in [3.8, 4) is 0 Å². The second-order valence-electron chi connectivity index (χ2n) is 5.42. The molecule has 0 bridgehead atoms. The fourth-order valence-electron chi connectivity index (χ4n) is 2.41. The molecular formula is C15H19N5S. The van der Waals surface area contributed by atoms with Crippen molar-refractivity contribution in [2.24, 2.45) is 0 Å². The summed E-state index contributed by atoms with van der Waals surface area (Å²) in [6, 6.07) is 2.07. The second kappa shape index (κ2) is 5.11. The van der Waals surface area contributed by atoms with Crippen LogP contribution < -0.4 is 4.90 Å². The molecule has 0 amide bonds. The molecule has 3 heterocycles. The molecule has 0 saturated carbocycles. The Morgan fingerprint density at radius 2 is 1.95 bits per heavy atom. The Hall–Kier alpha value is -1.95. The topological polar surface area (TPSA) is 46.3 Å². The highest BCUT2D eigenvalue weighted by Gasteiger charge is 2.14. The van der Waals surface area contributed by atoms with Crippen LogP contribution in [0.3, 0.4) is 0 Å². The van der Waals surface area contributed by atoms with Crippen LogP contribution in [0.2, 0.25) is 0 Å². The molecule has 0 aromatic carbocycles. The van der Waals surface area contributed by atoms with E-state index in [0.29, 0.717) is 0 Å². The minimum absolute atomic E-state index is 0.765. The van der Waals surface area contributed by atoms with Gasteiger partial charge in [-0.1, -0.05) is 0 Å². The summed E-state index contributed by atoms with van der Waals surface area (Å²) in [7, 11) is 2.06. The molecule has 0 aliphatic heterocycles. The number of thiazole rings is 1. The van der Waals surface area contributed by atoms with Crippen LogP contribution in [0.4, 0.5) is 5.82 Å². The maximum Gasteiger partial charge on any atom is 0.160 e. The summed E-state index contributed by atoms with van der Waals surface area (Å²) >= 11 is 1.68. The van der Waals surface area contributed by atoms with Gasteiger partial charge in [-0.3, -0.25) is 0 Å². The standard InChI is InChI=1S/C15H19N5S/c1-9-6-14(19(5)7-13-8-21-12(4)17-13)20-15(16-9)10(2)11(3)18-20/h6,8H,7H2,1-5H3. The predicted molar refractivity (Wildman–Crippen MR) is 86.2 cm³/mol. The smallest absolute Gasteiger partial charge is 0.160 e. The zero-order valence-corrected chi connectivity index (χ0v) is 13.8. The number of rotatable bonds is 3. The van der Waals surface area contributed by atoms with Gasteiger partial charge in [-0.25, -0.2) is 9.97 Å². The van der Waals surface area contributed by atoms with E-state index in [0.717, 1.165) is 45.7 Å². The molecule has 3 aromatic rings. The first-order valence-corrected chi connectivity index (χ1v) is 7.79. The average Bonchev–Trinajstić information content (AvgIpc) is 2.95. The highest BCUT2D eigenvalue weighted by atomic mass is 32.1. The molecule has 0 atom stereocenters. The first kappa shape index (κ1) is 14.0. The van der Waals surface area contributed by atoms with E-state index in [1.165, 1.54) is 0 Å². The van der Waals surface area contributed by atoms with E-state index in [1.54, 1.807) is 11.3 Å². The zero-order valence-electron chi connectivity index (χ0n) is 13.0. The van der Waals surface area contributed by atoms with Crippen molar-refractivity contribution >= 4 is 22.8 Å². The molecule has 5 nitrogen and oxygen atoms in total. The van der Waals surface area contributed by atoms with Crippen LogP contribution in [-0.4, -0.2) is 26.6 Å². The van der Waals surface area contributed by atoms with Gasteiger partial charge in [0.05, 0.1) is 22.9 Å². The summed E-state index contributed by atoms with van der Waals surface area (Å²) < 4.78 is 1.93. The van der Waals surface area contributed by atoms with Crippen molar-refractivity contribution in [3.05, 3.63) is 39.1 Å². The van der Waals surface area contributed by atoms with Gasteiger partial charge >= 0.3 is 0 Å². The van der Waals surface area contributed by atoms with E-state index in [-0.39, 0.29) is 0 Å². The molecule has 3 aromatic heterocycles. The lowest BCUT2D eigenvalue weighted by molar-refractivity contribution is 0.809. The van der Waals surface area contributed by atoms with Crippen molar-refractivity contribution in [2.45, 2.75) is 34.2 Å². The van der Waals surface area contributed by atoms with Gasteiger partial charge in [0.15, 0.2) is 5.65 Å². The van der Waals surface area contributed by atoms with Gasteiger partial charge in [-0.2, -0.15) is 9.61 Å². The summed E-state index contributed by atoms with van der Waals surface area (Å²) in [5.74, 6) is 1.04. The van der Waals surface area contributed by atoms with Crippen molar-refractivity contribution in [3.63, 3.8) is 0 Å². The molecule has 110 valence electrons. The fraction of sp³-hybridized carbons (Fsp3) is 0.400. The van der Waals surface area contributed by atoms with Gasteiger partial charge in [-0.15, -0.1) is 11.3 Å². The van der Waals surface area contributed by atoms with Crippen LogP contribution in [0.15, 0.2) is 11.4 Å². The summed E-state index contributed by atoms with van der Waals surface area (Å²) in [5.41, 5.74) is 5.18. The summed E-state index contributed by atoms with van der Waals surface area (Å²) in [6.07, 6.45) is 0. The lowest BCUT2D eigenvalue weighted by atomic mass is 10.3. The Morgan fingerprint density at radius 3 is 2.62 bits per heavy atom. The SMILES string of the molecule is Cc1cc(N(C)Cc2csc(C)n2)n2nc(C)c(C)c2n1. The van der Waals surface area contributed by atoms with Crippen LogP contribution in [0.1, 0.15) is 27.7 Å². The number of nitrogens with zero attached hydrogens (tertiary/aromatic N) is 5. The van der Waals surface area contributed by atoms with Crippen molar-refractivity contribution in [1.29, 1.82) is 0 Å². The third kappa shape index (κ3) is 2.51. The first-order valence-electron chi connectivity index (χ1n) is 6.91. The third-order valence-electron chi connectivity index (χ3n) is 3.62. The minimum Gasteiger partial charge on any atom is -0.354 e. The number of aromatic nitrogens is 4. The third-order valence-corrected chi connectivity index (χ3v) is 4.45. The number of hydrogen-bond acceptors (Lipinski definition) is 5. The second-order valence-corrected chi connectivity index (χ2v) is 6.48. The van der Waals surface area contributed by atoms with Gasteiger partial charge in [0, 0.05) is 29.8 Å². The van der Waals surface area contributed by atoms with Gasteiger partial charge < -0.3 is 4.90 Å². The zero-order chi connectivity index (χ0) is 15.1. The molecule has 0 radical (unpaired) electrons. The number of hydrogen-bond donors (Lipinski definition) is 0.